The van der Waals surface area contributed by atoms with E-state index in [0.29, 0.717) is 11.3 Å². The van der Waals surface area contributed by atoms with Crippen molar-refractivity contribution in [2.75, 3.05) is 0 Å². The molecular weight excluding hydrogens is 195 g/mol. The first-order valence-corrected chi connectivity index (χ1v) is 4.75. The van der Waals surface area contributed by atoms with Crippen molar-refractivity contribution in [1.29, 1.82) is 0 Å². The standard InChI is InChI=1S/C8H12Cl2N2/c1-6(9)5-7(2)12-4-3-11-8(12)10/h3-4,6-7H,5H2,1-2H3. The third-order valence-corrected chi connectivity index (χ3v) is 2.23. The number of alkyl halides is 1. The lowest BCUT2D eigenvalue weighted by atomic mass is 10.2. The molecule has 0 aromatic carbocycles. The van der Waals surface area contributed by atoms with Gasteiger partial charge in [-0.25, -0.2) is 4.98 Å². The van der Waals surface area contributed by atoms with Crippen LogP contribution in [0.5, 0.6) is 0 Å². The predicted molar refractivity (Wildman–Crippen MR) is 51.9 cm³/mol. The maximum atomic E-state index is 5.87. The van der Waals surface area contributed by atoms with Crippen molar-refractivity contribution in [3.8, 4) is 0 Å². The molecule has 12 heavy (non-hydrogen) atoms. The quantitative estimate of drug-likeness (QED) is 0.696. The van der Waals surface area contributed by atoms with Gasteiger partial charge in [0.25, 0.3) is 0 Å². The summed E-state index contributed by atoms with van der Waals surface area (Å²) in [6, 6.07) is 0.312. The van der Waals surface area contributed by atoms with E-state index in [2.05, 4.69) is 11.9 Å². The smallest absolute Gasteiger partial charge is 0.202 e. The second kappa shape index (κ2) is 4.15. The number of halogens is 2. The number of aromatic nitrogens is 2. The highest BCUT2D eigenvalue weighted by Gasteiger charge is 2.10. The minimum Gasteiger partial charge on any atom is -0.319 e. The zero-order valence-corrected chi connectivity index (χ0v) is 8.68. The van der Waals surface area contributed by atoms with Crippen LogP contribution >= 0.6 is 23.2 Å². The van der Waals surface area contributed by atoms with Crippen molar-refractivity contribution in [3.05, 3.63) is 17.7 Å². The molecule has 0 bridgehead atoms. The summed E-state index contributed by atoms with van der Waals surface area (Å²) in [6.07, 6.45) is 4.46. The van der Waals surface area contributed by atoms with E-state index in [0.717, 1.165) is 6.42 Å². The largest absolute Gasteiger partial charge is 0.319 e. The van der Waals surface area contributed by atoms with Crippen molar-refractivity contribution in [1.82, 2.24) is 9.55 Å². The fourth-order valence-electron chi connectivity index (χ4n) is 1.21. The molecule has 68 valence electrons. The van der Waals surface area contributed by atoms with Gasteiger partial charge in [-0.1, -0.05) is 0 Å². The Labute approximate surface area is 82.5 Å². The van der Waals surface area contributed by atoms with Gasteiger partial charge in [-0.05, 0) is 31.9 Å². The molecule has 0 saturated heterocycles. The Hall–Kier alpha value is -0.210. The molecule has 0 spiro atoms. The molecule has 2 nitrogen and oxygen atoms in total. The summed E-state index contributed by atoms with van der Waals surface area (Å²) in [6.45, 7) is 4.05. The zero-order valence-electron chi connectivity index (χ0n) is 7.17. The number of nitrogens with zero attached hydrogens (tertiary/aromatic N) is 2. The van der Waals surface area contributed by atoms with Crippen LogP contribution in [0.1, 0.15) is 26.3 Å². The van der Waals surface area contributed by atoms with Gasteiger partial charge in [0.2, 0.25) is 5.28 Å². The van der Waals surface area contributed by atoms with Crippen molar-refractivity contribution in [2.45, 2.75) is 31.7 Å². The number of hydrogen-bond donors (Lipinski definition) is 0. The SMILES string of the molecule is CC(Cl)CC(C)n1ccnc1Cl. The Bertz CT molecular complexity index is 245. The summed E-state index contributed by atoms with van der Waals surface area (Å²) in [4.78, 5) is 3.93. The lowest BCUT2D eigenvalue weighted by Gasteiger charge is -2.14. The molecule has 1 aromatic rings. The van der Waals surface area contributed by atoms with Gasteiger partial charge in [-0.2, -0.15) is 0 Å². The Balaban J connectivity index is 2.65. The Morgan fingerprint density at radius 1 is 1.58 bits per heavy atom. The van der Waals surface area contributed by atoms with E-state index in [1.807, 2.05) is 17.7 Å². The first kappa shape index (κ1) is 9.87. The maximum Gasteiger partial charge on any atom is 0.202 e. The molecule has 0 fully saturated rings. The van der Waals surface area contributed by atoms with E-state index in [1.54, 1.807) is 6.20 Å². The highest BCUT2D eigenvalue weighted by atomic mass is 35.5. The fourth-order valence-corrected chi connectivity index (χ4v) is 1.74. The van der Waals surface area contributed by atoms with Crippen LogP contribution in [0, 0.1) is 0 Å². The zero-order chi connectivity index (χ0) is 9.14. The van der Waals surface area contributed by atoms with Gasteiger partial charge >= 0.3 is 0 Å². The van der Waals surface area contributed by atoms with Gasteiger partial charge in [0.05, 0.1) is 0 Å². The molecule has 2 atom stereocenters. The molecule has 0 saturated carbocycles. The van der Waals surface area contributed by atoms with Crippen molar-refractivity contribution in [3.63, 3.8) is 0 Å². The molecule has 4 heteroatoms. The number of rotatable bonds is 3. The van der Waals surface area contributed by atoms with Crippen molar-refractivity contribution < 1.29 is 0 Å². The van der Waals surface area contributed by atoms with Crippen LogP contribution in [0.25, 0.3) is 0 Å². The van der Waals surface area contributed by atoms with E-state index < -0.39 is 0 Å². The second-order valence-corrected chi connectivity index (χ2v) is 4.05. The molecule has 1 rings (SSSR count). The van der Waals surface area contributed by atoms with Crippen molar-refractivity contribution >= 4 is 23.2 Å². The van der Waals surface area contributed by atoms with Gasteiger partial charge in [0.15, 0.2) is 0 Å². The van der Waals surface area contributed by atoms with Crippen LogP contribution in [0.15, 0.2) is 12.4 Å². The molecule has 0 aliphatic carbocycles. The normalized spacial score (nSPS) is 16.0. The minimum absolute atomic E-state index is 0.165. The molecule has 0 radical (unpaired) electrons. The van der Waals surface area contributed by atoms with E-state index in [4.69, 9.17) is 23.2 Å². The van der Waals surface area contributed by atoms with Gasteiger partial charge in [0.1, 0.15) is 0 Å². The highest BCUT2D eigenvalue weighted by Crippen LogP contribution is 2.19. The van der Waals surface area contributed by atoms with Crippen LogP contribution in [0.3, 0.4) is 0 Å². The average Bonchev–Trinajstić information content (AvgIpc) is 2.33. The Kier molecular flexibility index (Phi) is 3.41. The monoisotopic (exact) mass is 206 g/mol. The molecule has 0 amide bonds. The first-order valence-electron chi connectivity index (χ1n) is 3.93. The minimum atomic E-state index is 0.165. The summed E-state index contributed by atoms with van der Waals surface area (Å²) in [7, 11) is 0. The third kappa shape index (κ3) is 2.39. The maximum absolute atomic E-state index is 5.87. The van der Waals surface area contributed by atoms with Gasteiger partial charge < -0.3 is 4.57 Å². The molecule has 0 aliphatic rings. The Morgan fingerprint density at radius 3 is 2.67 bits per heavy atom. The van der Waals surface area contributed by atoms with Crippen molar-refractivity contribution in [2.24, 2.45) is 0 Å². The van der Waals surface area contributed by atoms with E-state index in [9.17, 15) is 0 Å². The summed E-state index contributed by atoms with van der Waals surface area (Å²) in [5, 5.41) is 0.693. The van der Waals surface area contributed by atoms with Crippen LogP contribution in [-0.2, 0) is 0 Å². The van der Waals surface area contributed by atoms with Gasteiger partial charge in [-0.3, -0.25) is 0 Å². The lowest BCUT2D eigenvalue weighted by molar-refractivity contribution is 0.504. The number of imidazole rings is 1. The van der Waals surface area contributed by atoms with E-state index in [-0.39, 0.29) is 5.38 Å². The highest BCUT2D eigenvalue weighted by molar-refractivity contribution is 6.28. The summed E-state index contributed by atoms with van der Waals surface area (Å²) < 4.78 is 1.92. The van der Waals surface area contributed by atoms with E-state index in [1.165, 1.54) is 0 Å². The lowest BCUT2D eigenvalue weighted by Crippen LogP contribution is -2.08. The Morgan fingerprint density at radius 2 is 2.25 bits per heavy atom. The third-order valence-electron chi connectivity index (χ3n) is 1.76. The van der Waals surface area contributed by atoms with Crippen LogP contribution < -0.4 is 0 Å². The van der Waals surface area contributed by atoms with Crippen LogP contribution in [-0.4, -0.2) is 14.9 Å². The van der Waals surface area contributed by atoms with Gasteiger partial charge in [-0.15, -0.1) is 11.6 Å². The first-order chi connectivity index (χ1) is 5.61. The molecule has 0 aliphatic heterocycles. The number of hydrogen-bond acceptors (Lipinski definition) is 1. The van der Waals surface area contributed by atoms with Crippen LogP contribution in [0.2, 0.25) is 5.28 Å². The summed E-state index contributed by atoms with van der Waals surface area (Å²) >= 11 is 11.7. The summed E-state index contributed by atoms with van der Waals surface area (Å²) in [5.74, 6) is 0. The second-order valence-electron chi connectivity index (χ2n) is 2.97. The molecule has 0 N–H and O–H groups in total. The fraction of sp³-hybridized carbons (Fsp3) is 0.625. The topological polar surface area (TPSA) is 17.8 Å². The van der Waals surface area contributed by atoms with E-state index >= 15 is 0 Å². The van der Waals surface area contributed by atoms with Gasteiger partial charge in [0, 0.05) is 23.8 Å². The molecule has 1 aromatic heterocycles. The predicted octanol–water partition coefficient (Wildman–Crippen LogP) is 3.11. The van der Waals surface area contributed by atoms with Crippen LogP contribution in [0.4, 0.5) is 0 Å². The molecular formula is C8H12Cl2N2. The molecule has 1 heterocycles. The average molecular weight is 207 g/mol. The molecule has 2 unspecified atom stereocenters. The summed E-state index contributed by atoms with van der Waals surface area (Å²) in [5.41, 5.74) is 0.